The van der Waals surface area contributed by atoms with E-state index in [0.29, 0.717) is 5.56 Å². The Kier molecular flexibility index (Phi) is 4.78. The zero-order chi connectivity index (χ0) is 17.3. The van der Waals surface area contributed by atoms with Gasteiger partial charge in [-0.3, -0.25) is 4.79 Å². The van der Waals surface area contributed by atoms with Crippen molar-refractivity contribution in [3.8, 4) is 11.1 Å². The summed E-state index contributed by atoms with van der Waals surface area (Å²) in [7, 11) is 0. The summed E-state index contributed by atoms with van der Waals surface area (Å²) in [5.74, 6) is -1.72. The van der Waals surface area contributed by atoms with Crippen molar-refractivity contribution < 1.29 is 18.0 Å². The first kappa shape index (κ1) is 16.8. The highest BCUT2D eigenvalue weighted by Gasteiger charge is 2.29. The third-order valence-corrected chi connectivity index (χ3v) is 4.18. The number of alkyl halides is 1. The van der Waals surface area contributed by atoms with Crippen LogP contribution in [-0.4, -0.2) is 24.7 Å². The Bertz CT molecular complexity index is 784. The van der Waals surface area contributed by atoms with Crippen LogP contribution >= 0.6 is 11.6 Å². The van der Waals surface area contributed by atoms with E-state index in [1.807, 2.05) is 0 Å². The third-order valence-electron chi connectivity index (χ3n) is 3.87. The second-order valence-corrected chi connectivity index (χ2v) is 5.98. The summed E-state index contributed by atoms with van der Waals surface area (Å²) in [5.41, 5.74) is 0.414. The predicted molar refractivity (Wildman–Crippen MR) is 86.7 cm³/mol. The maximum absolute atomic E-state index is 14.7. The van der Waals surface area contributed by atoms with Gasteiger partial charge in [-0.2, -0.15) is 0 Å². The molecule has 1 aliphatic heterocycles. The molecule has 0 aromatic heterocycles. The number of anilines is 1. The maximum Gasteiger partial charge on any atom is 0.241 e. The Balaban J connectivity index is 1.87. The minimum absolute atomic E-state index is 0.0398. The lowest BCUT2D eigenvalue weighted by Gasteiger charge is -2.14. The van der Waals surface area contributed by atoms with Crippen LogP contribution in [0, 0.1) is 11.6 Å². The highest BCUT2D eigenvalue weighted by Crippen LogP contribution is 2.33. The van der Waals surface area contributed by atoms with Crippen molar-refractivity contribution in [2.75, 3.05) is 11.9 Å². The SMILES string of the molecule is O=C(Nc1cccc(-c2ccc(F)cc2Cl)c1F)[C@@H]1C[C@@H](F)CN1. The van der Waals surface area contributed by atoms with E-state index in [9.17, 15) is 18.0 Å². The second kappa shape index (κ2) is 6.83. The highest BCUT2D eigenvalue weighted by atomic mass is 35.5. The molecular formula is C17H14ClF3N2O. The van der Waals surface area contributed by atoms with Crippen molar-refractivity contribution in [2.24, 2.45) is 0 Å². The van der Waals surface area contributed by atoms with Crippen molar-refractivity contribution in [3.05, 3.63) is 53.1 Å². The van der Waals surface area contributed by atoms with Gasteiger partial charge in [-0.05, 0) is 24.3 Å². The highest BCUT2D eigenvalue weighted by molar-refractivity contribution is 6.33. The molecule has 0 saturated carbocycles. The van der Waals surface area contributed by atoms with Gasteiger partial charge in [0, 0.05) is 24.1 Å². The van der Waals surface area contributed by atoms with Gasteiger partial charge in [-0.15, -0.1) is 0 Å². The topological polar surface area (TPSA) is 41.1 Å². The van der Waals surface area contributed by atoms with E-state index in [4.69, 9.17) is 11.6 Å². The molecule has 1 amide bonds. The third kappa shape index (κ3) is 3.39. The second-order valence-electron chi connectivity index (χ2n) is 5.57. The molecule has 126 valence electrons. The summed E-state index contributed by atoms with van der Waals surface area (Å²) in [6, 6.07) is 7.37. The molecule has 1 saturated heterocycles. The van der Waals surface area contributed by atoms with E-state index in [1.54, 1.807) is 6.07 Å². The Morgan fingerprint density at radius 1 is 1.21 bits per heavy atom. The summed E-state index contributed by atoms with van der Waals surface area (Å²) in [6.45, 7) is 0.103. The average Bonchev–Trinajstić information content (AvgIpc) is 2.97. The maximum atomic E-state index is 14.7. The van der Waals surface area contributed by atoms with E-state index in [-0.39, 0.29) is 29.2 Å². The van der Waals surface area contributed by atoms with Gasteiger partial charge in [0.05, 0.1) is 16.8 Å². The Hall–Kier alpha value is -2.05. The van der Waals surface area contributed by atoms with Gasteiger partial charge in [-0.25, -0.2) is 13.2 Å². The zero-order valence-corrected chi connectivity index (χ0v) is 13.2. The lowest BCUT2D eigenvalue weighted by Crippen LogP contribution is -2.35. The molecule has 7 heteroatoms. The Labute approximate surface area is 141 Å². The molecule has 2 N–H and O–H groups in total. The van der Waals surface area contributed by atoms with E-state index in [1.165, 1.54) is 24.3 Å². The van der Waals surface area contributed by atoms with Crippen LogP contribution in [0.25, 0.3) is 11.1 Å². The van der Waals surface area contributed by atoms with Crippen molar-refractivity contribution in [2.45, 2.75) is 18.6 Å². The van der Waals surface area contributed by atoms with Gasteiger partial charge < -0.3 is 10.6 Å². The van der Waals surface area contributed by atoms with Crippen LogP contribution < -0.4 is 10.6 Å². The fourth-order valence-corrected chi connectivity index (χ4v) is 2.93. The quantitative estimate of drug-likeness (QED) is 0.877. The lowest BCUT2D eigenvalue weighted by molar-refractivity contribution is -0.117. The van der Waals surface area contributed by atoms with Crippen LogP contribution in [0.1, 0.15) is 6.42 Å². The lowest BCUT2D eigenvalue weighted by atomic mass is 10.0. The monoisotopic (exact) mass is 354 g/mol. The molecule has 0 unspecified atom stereocenters. The summed E-state index contributed by atoms with van der Waals surface area (Å²) in [6.07, 6.45) is -1.04. The number of hydrogen-bond acceptors (Lipinski definition) is 2. The molecule has 1 aliphatic rings. The molecule has 1 heterocycles. The number of benzene rings is 2. The molecule has 1 fully saturated rings. The number of hydrogen-bond donors (Lipinski definition) is 2. The molecule has 0 bridgehead atoms. The molecule has 0 aliphatic carbocycles. The van der Waals surface area contributed by atoms with Crippen LogP contribution in [0.3, 0.4) is 0 Å². The van der Waals surface area contributed by atoms with Crippen LogP contribution in [0.4, 0.5) is 18.9 Å². The Morgan fingerprint density at radius 2 is 2.00 bits per heavy atom. The smallest absolute Gasteiger partial charge is 0.241 e. The molecule has 2 aromatic carbocycles. The fraction of sp³-hybridized carbons (Fsp3) is 0.235. The standard InChI is InChI=1S/C17H14ClF3N2O/c18-13-6-9(19)4-5-11(13)12-2-1-3-14(16(12)21)23-17(24)15-7-10(20)8-22-15/h1-6,10,15,22H,7-8H2,(H,23,24)/t10-,15+/m1/s1. The number of nitrogens with one attached hydrogen (secondary N) is 2. The van der Waals surface area contributed by atoms with E-state index in [2.05, 4.69) is 10.6 Å². The molecule has 3 rings (SSSR count). The Morgan fingerprint density at radius 3 is 2.67 bits per heavy atom. The molecule has 0 spiro atoms. The first-order chi connectivity index (χ1) is 11.5. The summed E-state index contributed by atoms with van der Waals surface area (Å²) >= 11 is 5.97. The van der Waals surface area contributed by atoms with Crippen LogP contribution in [0.5, 0.6) is 0 Å². The normalized spacial score (nSPS) is 20.2. The number of carbonyl (C=O) groups excluding carboxylic acids is 1. The number of carbonyl (C=O) groups is 1. The number of rotatable bonds is 3. The molecule has 2 aromatic rings. The predicted octanol–water partition coefficient (Wildman–Crippen LogP) is 3.92. The minimum Gasteiger partial charge on any atom is -0.322 e. The molecular weight excluding hydrogens is 341 g/mol. The van der Waals surface area contributed by atoms with Gasteiger partial charge in [0.15, 0.2) is 5.82 Å². The van der Waals surface area contributed by atoms with Crippen LogP contribution in [-0.2, 0) is 4.79 Å². The molecule has 3 nitrogen and oxygen atoms in total. The number of halogens is 4. The molecule has 24 heavy (non-hydrogen) atoms. The van der Waals surface area contributed by atoms with E-state index >= 15 is 0 Å². The average molecular weight is 355 g/mol. The largest absolute Gasteiger partial charge is 0.322 e. The van der Waals surface area contributed by atoms with Gasteiger partial charge in [0.25, 0.3) is 0 Å². The first-order valence-electron chi connectivity index (χ1n) is 7.38. The van der Waals surface area contributed by atoms with Crippen molar-refractivity contribution in [1.82, 2.24) is 5.32 Å². The molecule has 0 radical (unpaired) electrons. The van der Waals surface area contributed by atoms with Crippen LogP contribution in [0.2, 0.25) is 5.02 Å². The first-order valence-corrected chi connectivity index (χ1v) is 7.75. The van der Waals surface area contributed by atoms with E-state index < -0.39 is 29.8 Å². The van der Waals surface area contributed by atoms with Crippen molar-refractivity contribution in [3.63, 3.8) is 0 Å². The summed E-state index contributed by atoms with van der Waals surface area (Å²) < 4.78 is 41.0. The summed E-state index contributed by atoms with van der Waals surface area (Å²) in [5, 5.41) is 5.25. The van der Waals surface area contributed by atoms with Gasteiger partial charge in [-0.1, -0.05) is 23.7 Å². The van der Waals surface area contributed by atoms with Crippen molar-refractivity contribution in [1.29, 1.82) is 0 Å². The van der Waals surface area contributed by atoms with Gasteiger partial charge in [0.2, 0.25) is 5.91 Å². The zero-order valence-electron chi connectivity index (χ0n) is 12.5. The van der Waals surface area contributed by atoms with Crippen molar-refractivity contribution >= 4 is 23.2 Å². The van der Waals surface area contributed by atoms with Gasteiger partial charge >= 0.3 is 0 Å². The van der Waals surface area contributed by atoms with Crippen LogP contribution in [0.15, 0.2) is 36.4 Å². The summed E-state index contributed by atoms with van der Waals surface area (Å²) in [4.78, 5) is 12.1. The van der Waals surface area contributed by atoms with E-state index in [0.717, 1.165) is 6.07 Å². The van der Waals surface area contributed by atoms with Gasteiger partial charge in [0.1, 0.15) is 12.0 Å². The minimum atomic E-state index is -1.09. The molecule has 2 atom stereocenters. The number of amides is 1. The fourth-order valence-electron chi connectivity index (χ4n) is 2.66.